The van der Waals surface area contributed by atoms with Crippen LogP contribution in [0.25, 0.3) is 0 Å². The van der Waals surface area contributed by atoms with Gasteiger partial charge in [-0.25, -0.2) is 0 Å². The zero-order chi connectivity index (χ0) is 7.56. The van der Waals surface area contributed by atoms with Gasteiger partial charge < -0.3 is 0 Å². The smallest absolute Gasteiger partial charge is 0.0461 e. The van der Waals surface area contributed by atoms with Crippen molar-refractivity contribution in [3.63, 3.8) is 0 Å². The highest BCUT2D eigenvalue weighted by atomic mass is 35.5. The zero-order valence-corrected chi connectivity index (χ0v) is 7.43. The monoisotopic (exact) mass is 191 g/mol. The maximum atomic E-state index is 5.78. The van der Waals surface area contributed by atoms with Crippen molar-refractivity contribution in [2.45, 2.75) is 5.75 Å². The Morgan fingerprint density at radius 3 is 2.00 bits per heavy atom. The fraction of sp³-hybridized carbons (Fsp3) is 0.143. The van der Waals surface area contributed by atoms with Crippen LogP contribution in [0.2, 0.25) is 10.0 Å². The minimum Gasteiger partial charge on any atom is -0.0889 e. The number of hydrogen-bond acceptors (Lipinski definition) is 0. The summed E-state index contributed by atoms with van der Waals surface area (Å²) in [6, 6.07) is 5.38. The first kappa shape index (κ1) is 8.25. The summed E-state index contributed by atoms with van der Waals surface area (Å²) in [5, 5.41) is 1.31. The average molecular weight is 192 g/mol. The van der Waals surface area contributed by atoms with Gasteiger partial charge >= 0.3 is 0 Å². The zero-order valence-electron chi connectivity index (χ0n) is 5.10. The first-order chi connectivity index (χ1) is 4.75. The second-order valence-corrected chi connectivity index (χ2v) is 2.95. The second kappa shape index (κ2) is 3.51. The Balaban J connectivity index is 3.17. The topological polar surface area (TPSA) is 0 Å². The minimum atomic E-state index is 0.471. The third-order valence-electron chi connectivity index (χ3n) is 1.21. The van der Waals surface area contributed by atoms with E-state index in [0.717, 1.165) is 5.56 Å². The van der Waals surface area contributed by atoms with Crippen LogP contribution < -0.4 is 0 Å². The van der Waals surface area contributed by atoms with Crippen molar-refractivity contribution < 1.29 is 0 Å². The van der Waals surface area contributed by atoms with Crippen LogP contribution in [0.4, 0.5) is 0 Å². The van der Waals surface area contributed by atoms with Crippen LogP contribution in [0.3, 0.4) is 0 Å². The Bertz CT molecular complexity index is 215. The molecule has 0 aliphatic heterocycles. The molecule has 3 heteroatoms. The second-order valence-electron chi connectivity index (χ2n) is 1.84. The first-order valence-corrected chi connectivity index (χ1v) is 4.10. The van der Waals surface area contributed by atoms with Crippen LogP contribution in [-0.4, -0.2) is 0 Å². The fourth-order valence-electron chi connectivity index (χ4n) is 0.670. The summed E-state index contributed by atoms with van der Waals surface area (Å²) in [5.41, 5.74) is 0.848. The molecule has 0 bridgehead atoms. The summed E-state index contributed by atoms with van der Waals surface area (Å²) in [6.07, 6.45) is 0. The molecule has 0 atom stereocenters. The van der Waals surface area contributed by atoms with E-state index in [4.69, 9.17) is 35.8 Å². The first-order valence-electron chi connectivity index (χ1n) is 2.76. The van der Waals surface area contributed by atoms with E-state index in [2.05, 4.69) is 0 Å². The van der Waals surface area contributed by atoms with Gasteiger partial charge in [0.25, 0.3) is 0 Å². The van der Waals surface area contributed by atoms with Gasteiger partial charge in [-0.05, 0) is 12.1 Å². The molecule has 10 heavy (non-hydrogen) atoms. The summed E-state index contributed by atoms with van der Waals surface area (Å²) in [5.74, 6) is 0.471. The molecule has 0 aromatic heterocycles. The quantitative estimate of drug-likeness (QED) is 0.636. The molecule has 0 aliphatic rings. The van der Waals surface area contributed by atoms with Crippen LogP contribution in [0, 0.1) is 0 Å². The number of rotatable bonds is 1. The summed E-state index contributed by atoms with van der Waals surface area (Å²) in [6.45, 7) is 0. The predicted octanol–water partition coefficient (Wildman–Crippen LogP) is 3.69. The normalized spacial score (nSPS) is 9.90. The molecule has 0 N–H and O–H groups in total. The molecular formula is C7H5Cl2S. The van der Waals surface area contributed by atoms with Gasteiger partial charge in [-0.15, -0.1) is 0 Å². The molecule has 1 radical (unpaired) electrons. The Hall–Kier alpha value is 0.150. The molecule has 1 rings (SSSR count). The number of hydrogen-bond donors (Lipinski definition) is 0. The highest BCUT2D eigenvalue weighted by Crippen LogP contribution is 2.25. The number of benzene rings is 1. The predicted molar refractivity (Wildman–Crippen MR) is 47.8 cm³/mol. The highest BCUT2D eigenvalue weighted by Gasteiger charge is 2.01. The van der Waals surface area contributed by atoms with E-state index in [-0.39, 0.29) is 0 Å². The molecule has 0 saturated carbocycles. The average Bonchev–Trinajstić information content (AvgIpc) is 1.88. The molecule has 0 fully saturated rings. The van der Waals surface area contributed by atoms with Gasteiger partial charge in [0.2, 0.25) is 0 Å². The molecule has 1 aromatic carbocycles. The summed E-state index contributed by atoms with van der Waals surface area (Å²) in [7, 11) is 0. The van der Waals surface area contributed by atoms with Crippen LogP contribution in [0.15, 0.2) is 18.2 Å². The lowest BCUT2D eigenvalue weighted by Crippen LogP contribution is -1.80. The van der Waals surface area contributed by atoms with Crippen molar-refractivity contribution in [1.29, 1.82) is 0 Å². The van der Waals surface area contributed by atoms with Gasteiger partial charge in [0.1, 0.15) is 0 Å². The van der Waals surface area contributed by atoms with Crippen molar-refractivity contribution in [1.82, 2.24) is 0 Å². The van der Waals surface area contributed by atoms with Crippen LogP contribution in [0.1, 0.15) is 5.56 Å². The molecule has 0 spiro atoms. The van der Waals surface area contributed by atoms with E-state index in [9.17, 15) is 0 Å². The lowest BCUT2D eigenvalue weighted by molar-refractivity contribution is 1.43. The Kier molecular flexibility index (Phi) is 2.90. The third kappa shape index (κ3) is 1.60. The standard InChI is InChI=1S/C7H5Cl2S/c8-6-2-1-3-7(9)5(6)4-10/h1-3H,4H2. The maximum Gasteiger partial charge on any atom is 0.0461 e. The van der Waals surface area contributed by atoms with E-state index in [1.165, 1.54) is 0 Å². The Morgan fingerprint density at radius 1 is 1.20 bits per heavy atom. The molecule has 0 heterocycles. The van der Waals surface area contributed by atoms with Crippen LogP contribution in [-0.2, 0) is 5.75 Å². The van der Waals surface area contributed by atoms with E-state index < -0.39 is 0 Å². The van der Waals surface area contributed by atoms with Gasteiger partial charge in [0.05, 0.1) is 0 Å². The summed E-state index contributed by atoms with van der Waals surface area (Å²) in [4.78, 5) is 0. The summed E-state index contributed by atoms with van der Waals surface area (Å²) < 4.78 is 0. The van der Waals surface area contributed by atoms with Crippen molar-refractivity contribution in [2.24, 2.45) is 0 Å². The molecular weight excluding hydrogens is 187 g/mol. The Morgan fingerprint density at radius 2 is 1.70 bits per heavy atom. The van der Waals surface area contributed by atoms with Crippen molar-refractivity contribution in [3.05, 3.63) is 33.8 Å². The van der Waals surface area contributed by atoms with E-state index in [1.54, 1.807) is 18.2 Å². The lowest BCUT2D eigenvalue weighted by Gasteiger charge is -2.00. The molecule has 0 unspecified atom stereocenters. The van der Waals surface area contributed by atoms with Gasteiger partial charge in [0.15, 0.2) is 0 Å². The SMILES string of the molecule is [S]Cc1c(Cl)cccc1Cl. The van der Waals surface area contributed by atoms with Crippen molar-refractivity contribution >= 4 is 35.8 Å². The number of halogens is 2. The lowest BCUT2D eigenvalue weighted by atomic mass is 10.2. The van der Waals surface area contributed by atoms with Crippen LogP contribution in [0.5, 0.6) is 0 Å². The van der Waals surface area contributed by atoms with Gasteiger partial charge in [-0.3, -0.25) is 0 Å². The molecule has 0 aliphatic carbocycles. The maximum absolute atomic E-state index is 5.78. The van der Waals surface area contributed by atoms with E-state index >= 15 is 0 Å². The fourth-order valence-corrected chi connectivity index (χ4v) is 1.67. The van der Waals surface area contributed by atoms with Crippen molar-refractivity contribution in [3.8, 4) is 0 Å². The van der Waals surface area contributed by atoms with Crippen LogP contribution >= 0.6 is 35.8 Å². The van der Waals surface area contributed by atoms with Gasteiger partial charge in [-0.1, -0.05) is 41.9 Å². The minimum absolute atomic E-state index is 0.471. The molecule has 0 nitrogen and oxygen atoms in total. The molecule has 1 aromatic rings. The highest BCUT2D eigenvalue weighted by molar-refractivity contribution is 7.79. The van der Waals surface area contributed by atoms with Gasteiger partial charge in [0, 0.05) is 21.4 Å². The largest absolute Gasteiger partial charge is 0.0889 e. The van der Waals surface area contributed by atoms with E-state index in [1.807, 2.05) is 0 Å². The molecule has 0 saturated heterocycles. The van der Waals surface area contributed by atoms with E-state index in [0.29, 0.717) is 15.8 Å². The molecule has 53 valence electrons. The summed E-state index contributed by atoms with van der Waals surface area (Å²) >= 11 is 16.4. The molecule has 0 amide bonds. The Labute approximate surface area is 75.6 Å². The third-order valence-corrected chi connectivity index (χ3v) is 2.20. The van der Waals surface area contributed by atoms with Gasteiger partial charge in [-0.2, -0.15) is 0 Å². The van der Waals surface area contributed by atoms with Crippen molar-refractivity contribution in [2.75, 3.05) is 0 Å².